The summed E-state index contributed by atoms with van der Waals surface area (Å²) in [6.45, 7) is 3.15. The van der Waals surface area contributed by atoms with Gasteiger partial charge in [-0.2, -0.15) is 0 Å². The molecule has 0 spiro atoms. The molecule has 4 aliphatic heterocycles. The van der Waals surface area contributed by atoms with E-state index < -0.39 is 23.9 Å². The lowest BCUT2D eigenvalue weighted by Crippen LogP contribution is -2.25. The summed E-state index contributed by atoms with van der Waals surface area (Å²) in [5.41, 5.74) is -0.109. The number of hydrogen-bond acceptors (Lipinski definition) is 18. The third-order valence-corrected chi connectivity index (χ3v) is 9.08. The highest BCUT2D eigenvalue weighted by Crippen LogP contribution is 2.24. The van der Waals surface area contributed by atoms with Gasteiger partial charge in [-0.25, -0.2) is 19.2 Å². The number of rotatable bonds is 21. The number of epoxide rings is 2. The fraction of sp³-hybridized carbons (Fsp3) is 0.273. The summed E-state index contributed by atoms with van der Waals surface area (Å²) in [5, 5.41) is 15.2. The van der Waals surface area contributed by atoms with Crippen molar-refractivity contribution < 1.29 is 66.5 Å². The number of carbonyl (C=O) groups is 4. The van der Waals surface area contributed by atoms with Gasteiger partial charge in [-0.05, 0) is 110 Å². The van der Waals surface area contributed by atoms with Crippen molar-refractivity contribution in [1.29, 1.82) is 0 Å². The van der Waals surface area contributed by atoms with Crippen LogP contribution in [0.25, 0.3) is 0 Å². The standard InChI is InChI=1S/C44H38N4O14/c49-41(37-21-39(47-45-37)43(51)61-33-15-7-29(8-16-33)55-23-35-25-57-35)59-31-11-3-27(4-12-31)53-19-1-2-20-54-28-5-13-32(14-6-28)60-42(50)38-22-40(48-46-38)44(52)62-34-17-9-30(10-18-34)56-24-36-26-58-36/h3-18,35-36H,1-2,19-26H2. The second-order valence-electron chi connectivity index (χ2n) is 13.9. The van der Waals surface area contributed by atoms with Crippen molar-refractivity contribution in [3.05, 3.63) is 97.1 Å². The van der Waals surface area contributed by atoms with Crippen LogP contribution in [0.5, 0.6) is 46.0 Å². The molecule has 2 atom stereocenters. The molecule has 18 heteroatoms. The van der Waals surface area contributed by atoms with E-state index in [0.29, 0.717) is 87.0 Å². The van der Waals surface area contributed by atoms with E-state index in [0.717, 1.165) is 0 Å². The highest BCUT2D eigenvalue weighted by molar-refractivity contribution is 6.51. The first-order valence-electron chi connectivity index (χ1n) is 19.6. The first-order valence-corrected chi connectivity index (χ1v) is 19.6. The van der Waals surface area contributed by atoms with Gasteiger partial charge in [0.05, 0.1) is 39.3 Å². The Kier molecular flexibility index (Phi) is 13.2. The molecule has 62 heavy (non-hydrogen) atoms. The average molecular weight is 847 g/mol. The normalized spacial score (nSPS) is 17.0. The van der Waals surface area contributed by atoms with E-state index in [4.69, 9.17) is 47.4 Å². The lowest BCUT2D eigenvalue weighted by atomic mass is 10.2. The quantitative estimate of drug-likeness (QED) is 0.0472. The molecule has 18 nitrogen and oxygen atoms in total. The minimum absolute atomic E-state index is 0.0241. The maximum atomic E-state index is 12.7. The summed E-state index contributed by atoms with van der Waals surface area (Å²) < 4.78 is 54.5. The van der Waals surface area contributed by atoms with E-state index in [1.807, 2.05) is 0 Å². The predicted molar refractivity (Wildman–Crippen MR) is 218 cm³/mol. The molecule has 0 N–H and O–H groups in total. The number of carbonyl (C=O) groups excluding carboxylic acids is 4. The molecule has 0 aromatic heterocycles. The van der Waals surface area contributed by atoms with Crippen LogP contribution in [0.4, 0.5) is 0 Å². The van der Waals surface area contributed by atoms with Crippen LogP contribution >= 0.6 is 0 Å². The lowest BCUT2D eigenvalue weighted by molar-refractivity contribution is -0.128. The Hall–Kier alpha value is -7.44. The molecular weight excluding hydrogens is 808 g/mol. The Labute approximate surface area is 353 Å². The monoisotopic (exact) mass is 846 g/mol. The van der Waals surface area contributed by atoms with Gasteiger partial charge in [0.1, 0.15) is 71.4 Å². The maximum absolute atomic E-state index is 12.7. The summed E-state index contributed by atoms with van der Waals surface area (Å²) >= 11 is 0. The topological polar surface area (TPSA) is 217 Å². The Morgan fingerprint density at radius 1 is 0.403 bits per heavy atom. The van der Waals surface area contributed by atoms with Gasteiger partial charge in [0.15, 0.2) is 22.8 Å². The van der Waals surface area contributed by atoms with Gasteiger partial charge in [-0.15, -0.1) is 20.4 Å². The first kappa shape index (κ1) is 41.3. The van der Waals surface area contributed by atoms with E-state index in [1.54, 1.807) is 97.1 Å². The third kappa shape index (κ3) is 12.1. The molecule has 4 heterocycles. The van der Waals surface area contributed by atoms with Crippen molar-refractivity contribution in [1.82, 2.24) is 0 Å². The highest BCUT2D eigenvalue weighted by Gasteiger charge is 2.29. The van der Waals surface area contributed by atoms with Gasteiger partial charge in [-0.3, -0.25) is 0 Å². The van der Waals surface area contributed by atoms with E-state index in [9.17, 15) is 19.2 Å². The molecule has 0 radical (unpaired) electrons. The molecular formula is C44H38N4O14. The van der Waals surface area contributed by atoms with Crippen LogP contribution in [0.2, 0.25) is 0 Å². The van der Waals surface area contributed by atoms with Crippen LogP contribution in [0.15, 0.2) is 117 Å². The van der Waals surface area contributed by atoms with Gasteiger partial charge in [0.2, 0.25) is 0 Å². The molecule has 2 fully saturated rings. The van der Waals surface area contributed by atoms with Gasteiger partial charge in [-0.1, -0.05) is 0 Å². The molecule has 0 bridgehead atoms. The fourth-order valence-corrected chi connectivity index (χ4v) is 5.52. The largest absolute Gasteiger partial charge is 0.494 e. The van der Waals surface area contributed by atoms with Crippen molar-refractivity contribution in [3.8, 4) is 46.0 Å². The van der Waals surface area contributed by atoms with Crippen LogP contribution in [-0.4, -0.2) is 98.6 Å². The second-order valence-corrected chi connectivity index (χ2v) is 13.9. The van der Waals surface area contributed by atoms with Crippen LogP contribution in [0.3, 0.4) is 0 Å². The van der Waals surface area contributed by atoms with Crippen LogP contribution < -0.4 is 37.9 Å². The number of benzene rings is 4. The summed E-state index contributed by atoms with van der Waals surface area (Å²) in [6.07, 6.45) is 1.39. The predicted octanol–water partition coefficient (Wildman–Crippen LogP) is 4.90. The Morgan fingerprint density at radius 3 is 0.903 bits per heavy atom. The molecule has 0 saturated carbocycles. The van der Waals surface area contributed by atoms with Gasteiger partial charge in [0, 0.05) is 0 Å². The molecule has 4 aromatic rings. The summed E-state index contributed by atoms with van der Waals surface area (Å²) in [6, 6.07) is 26.1. The maximum Gasteiger partial charge on any atom is 0.360 e. The molecule has 4 aromatic carbocycles. The zero-order valence-electron chi connectivity index (χ0n) is 33.0. The van der Waals surface area contributed by atoms with Crippen molar-refractivity contribution in [2.75, 3.05) is 39.6 Å². The second kappa shape index (κ2) is 19.7. The Balaban J connectivity index is 0.666. The molecule has 2 unspecified atom stereocenters. The molecule has 0 amide bonds. The third-order valence-electron chi connectivity index (χ3n) is 9.08. The van der Waals surface area contributed by atoms with E-state index in [2.05, 4.69) is 20.4 Å². The molecule has 2 saturated heterocycles. The summed E-state index contributed by atoms with van der Waals surface area (Å²) in [7, 11) is 0. The average Bonchev–Trinajstić information content (AvgIpc) is 4.20. The molecule has 4 aliphatic rings. The first-order chi connectivity index (χ1) is 30.3. The smallest absolute Gasteiger partial charge is 0.360 e. The van der Waals surface area contributed by atoms with E-state index in [1.165, 1.54) is 0 Å². The van der Waals surface area contributed by atoms with Crippen molar-refractivity contribution in [3.63, 3.8) is 0 Å². The molecule has 318 valence electrons. The summed E-state index contributed by atoms with van der Waals surface area (Å²) in [4.78, 5) is 50.5. The van der Waals surface area contributed by atoms with Crippen molar-refractivity contribution in [2.24, 2.45) is 20.4 Å². The molecule has 8 rings (SSSR count). The number of nitrogens with zero attached hydrogens (tertiary/aromatic N) is 4. The number of esters is 4. The van der Waals surface area contributed by atoms with Crippen LogP contribution in [0, 0.1) is 0 Å². The highest BCUT2D eigenvalue weighted by atomic mass is 16.6. The Morgan fingerprint density at radius 2 is 0.645 bits per heavy atom. The zero-order valence-corrected chi connectivity index (χ0v) is 33.0. The minimum Gasteiger partial charge on any atom is -0.494 e. The fourth-order valence-electron chi connectivity index (χ4n) is 5.52. The van der Waals surface area contributed by atoms with Gasteiger partial charge in [0.25, 0.3) is 0 Å². The van der Waals surface area contributed by atoms with Crippen molar-refractivity contribution >= 4 is 46.7 Å². The summed E-state index contributed by atoms with van der Waals surface area (Å²) in [5.74, 6) is 0.598. The Bertz CT molecular complexity index is 2220. The SMILES string of the molecule is O=C(Oc1ccc(OCCCCOc2ccc(OC(=O)C3=NN=C(C(=O)Oc4ccc(OCC5CO5)cc4)C3)cc2)cc1)C1=NN=C(C(=O)Oc2ccc(OCC3CO3)cc2)C1. The van der Waals surface area contributed by atoms with Crippen LogP contribution in [0.1, 0.15) is 25.7 Å². The molecule has 0 aliphatic carbocycles. The number of ether oxygens (including phenoxy) is 10. The van der Waals surface area contributed by atoms with Gasteiger partial charge >= 0.3 is 23.9 Å². The van der Waals surface area contributed by atoms with E-state index in [-0.39, 0.29) is 59.4 Å². The van der Waals surface area contributed by atoms with Crippen LogP contribution in [-0.2, 0) is 28.7 Å². The van der Waals surface area contributed by atoms with E-state index >= 15 is 0 Å². The van der Waals surface area contributed by atoms with Gasteiger partial charge < -0.3 is 47.4 Å². The number of unbranched alkanes of at least 4 members (excludes halogenated alkanes) is 1. The lowest BCUT2D eigenvalue weighted by Gasteiger charge is -2.09. The van der Waals surface area contributed by atoms with Crippen molar-refractivity contribution in [2.45, 2.75) is 37.9 Å². The number of hydrogen-bond donors (Lipinski definition) is 0. The zero-order chi connectivity index (χ0) is 42.7. The minimum atomic E-state index is -0.740.